The fraction of sp³-hybridized carbons (Fsp3) is 0.0741. The predicted molar refractivity (Wildman–Crippen MR) is 121 cm³/mol. The van der Waals surface area contributed by atoms with Gasteiger partial charge in [-0.25, -0.2) is 4.79 Å². The van der Waals surface area contributed by atoms with Crippen LogP contribution in [-0.2, 0) is 4.74 Å². The summed E-state index contributed by atoms with van der Waals surface area (Å²) in [5, 5.41) is 7.01. The van der Waals surface area contributed by atoms with Crippen molar-refractivity contribution in [2.45, 2.75) is 6.92 Å². The molecule has 3 heteroatoms. The number of esters is 1. The number of benzene rings is 5. The molecule has 0 amide bonds. The van der Waals surface area contributed by atoms with Crippen molar-refractivity contribution in [1.29, 1.82) is 0 Å². The Balaban J connectivity index is 1.75. The van der Waals surface area contributed by atoms with E-state index in [9.17, 15) is 4.79 Å². The highest BCUT2D eigenvalue weighted by Gasteiger charge is 2.20. The molecule has 6 aromatic rings. The van der Waals surface area contributed by atoms with Gasteiger partial charge in [-0.2, -0.15) is 0 Å². The zero-order valence-electron chi connectivity index (χ0n) is 16.4. The summed E-state index contributed by atoms with van der Waals surface area (Å²) < 4.78 is 11.6. The molecule has 0 fully saturated rings. The van der Waals surface area contributed by atoms with Crippen LogP contribution in [0.3, 0.4) is 0 Å². The Bertz CT molecular complexity index is 1570. The molecule has 0 aliphatic heterocycles. The molecule has 0 unspecified atom stereocenters. The van der Waals surface area contributed by atoms with E-state index >= 15 is 0 Å². The SMILES string of the molecule is CCOC(=O)c1ccccc1-c1cc2oc3cccc4c5ccccc5c(c1)c2c34. The van der Waals surface area contributed by atoms with Gasteiger partial charge in [0.05, 0.1) is 12.2 Å². The highest BCUT2D eigenvalue weighted by atomic mass is 16.5. The summed E-state index contributed by atoms with van der Waals surface area (Å²) in [6, 6.07) is 26.4. The summed E-state index contributed by atoms with van der Waals surface area (Å²) in [5.41, 5.74) is 4.07. The molecular formula is C27H18O3. The first kappa shape index (κ1) is 17.0. The molecule has 0 aliphatic rings. The molecule has 30 heavy (non-hydrogen) atoms. The Morgan fingerprint density at radius 1 is 0.767 bits per heavy atom. The Labute approximate surface area is 172 Å². The summed E-state index contributed by atoms with van der Waals surface area (Å²) in [6.45, 7) is 2.16. The maximum absolute atomic E-state index is 12.6. The van der Waals surface area contributed by atoms with E-state index < -0.39 is 0 Å². The average molecular weight is 390 g/mol. The number of carbonyl (C=O) groups excluding carboxylic acids is 1. The van der Waals surface area contributed by atoms with Crippen LogP contribution < -0.4 is 0 Å². The van der Waals surface area contributed by atoms with Crippen molar-refractivity contribution in [3.63, 3.8) is 0 Å². The molecule has 6 rings (SSSR count). The van der Waals surface area contributed by atoms with Crippen LogP contribution in [0.4, 0.5) is 0 Å². The molecule has 0 atom stereocenters. The number of carbonyl (C=O) groups is 1. The van der Waals surface area contributed by atoms with Crippen LogP contribution in [0.25, 0.3) is 54.6 Å². The quantitative estimate of drug-likeness (QED) is 0.237. The van der Waals surface area contributed by atoms with Gasteiger partial charge in [0.25, 0.3) is 0 Å². The fourth-order valence-electron chi connectivity index (χ4n) is 4.61. The molecule has 0 saturated heterocycles. The molecule has 3 nitrogen and oxygen atoms in total. The van der Waals surface area contributed by atoms with E-state index in [1.807, 2.05) is 49.4 Å². The number of fused-ring (bicyclic) bond motifs is 3. The Morgan fingerprint density at radius 3 is 2.30 bits per heavy atom. The number of ether oxygens (including phenoxy) is 1. The molecule has 0 spiro atoms. The smallest absolute Gasteiger partial charge is 0.338 e. The third kappa shape index (κ3) is 2.29. The minimum atomic E-state index is -0.311. The van der Waals surface area contributed by atoms with Crippen molar-refractivity contribution in [2.24, 2.45) is 0 Å². The minimum Gasteiger partial charge on any atom is -0.462 e. The highest BCUT2D eigenvalue weighted by Crippen LogP contribution is 2.44. The second kappa shape index (κ2) is 6.33. The van der Waals surface area contributed by atoms with Gasteiger partial charge < -0.3 is 9.15 Å². The van der Waals surface area contributed by atoms with Gasteiger partial charge in [-0.1, -0.05) is 54.6 Å². The summed E-state index contributed by atoms with van der Waals surface area (Å²) in [5.74, 6) is -0.311. The van der Waals surface area contributed by atoms with Crippen molar-refractivity contribution in [2.75, 3.05) is 6.61 Å². The maximum atomic E-state index is 12.6. The largest absolute Gasteiger partial charge is 0.462 e. The lowest BCUT2D eigenvalue weighted by Gasteiger charge is -2.12. The molecule has 1 heterocycles. The van der Waals surface area contributed by atoms with E-state index in [-0.39, 0.29) is 5.97 Å². The lowest BCUT2D eigenvalue weighted by molar-refractivity contribution is 0.0527. The van der Waals surface area contributed by atoms with E-state index in [1.54, 1.807) is 0 Å². The Kier molecular flexibility index (Phi) is 3.59. The minimum absolute atomic E-state index is 0.311. The zero-order chi connectivity index (χ0) is 20.2. The van der Waals surface area contributed by atoms with Crippen molar-refractivity contribution in [3.8, 4) is 11.1 Å². The molecule has 144 valence electrons. The molecule has 0 N–H and O–H groups in total. The molecule has 1 aromatic heterocycles. The summed E-state index contributed by atoms with van der Waals surface area (Å²) in [7, 11) is 0. The van der Waals surface area contributed by atoms with Crippen molar-refractivity contribution in [1.82, 2.24) is 0 Å². The Morgan fingerprint density at radius 2 is 1.47 bits per heavy atom. The summed E-state index contributed by atoms with van der Waals surface area (Å²) in [6.07, 6.45) is 0. The number of rotatable bonds is 3. The third-order valence-electron chi connectivity index (χ3n) is 5.84. The van der Waals surface area contributed by atoms with E-state index in [4.69, 9.17) is 9.15 Å². The van der Waals surface area contributed by atoms with Gasteiger partial charge in [0, 0.05) is 10.8 Å². The lowest BCUT2D eigenvalue weighted by Crippen LogP contribution is -2.06. The van der Waals surface area contributed by atoms with Gasteiger partial charge in [0.15, 0.2) is 0 Å². The first-order valence-corrected chi connectivity index (χ1v) is 10.1. The second-order valence-corrected chi connectivity index (χ2v) is 7.49. The van der Waals surface area contributed by atoms with Crippen LogP contribution in [0.15, 0.2) is 83.3 Å². The number of hydrogen-bond acceptors (Lipinski definition) is 3. The van der Waals surface area contributed by atoms with Gasteiger partial charge >= 0.3 is 5.97 Å². The van der Waals surface area contributed by atoms with Gasteiger partial charge in [-0.05, 0) is 63.9 Å². The van der Waals surface area contributed by atoms with Gasteiger partial charge in [-0.15, -0.1) is 0 Å². The van der Waals surface area contributed by atoms with Gasteiger partial charge in [0.1, 0.15) is 11.2 Å². The van der Waals surface area contributed by atoms with Gasteiger partial charge in [-0.3, -0.25) is 0 Å². The molecule has 0 aliphatic carbocycles. The van der Waals surface area contributed by atoms with E-state index in [0.717, 1.165) is 38.5 Å². The van der Waals surface area contributed by atoms with E-state index in [2.05, 4.69) is 36.4 Å². The lowest BCUT2D eigenvalue weighted by atomic mass is 9.91. The molecule has 0 radical (unpaired) electrons. The average Bonchev–Trinajstić information content (AvgIpc) is 3.17. The molecule has 5 aromatic carbocycles. The van der Waals surface area contributed by atoms with E-state index in [0.29, 0.717) is 12.2 Å². The highest BCUT2D eigenvalue weighted by molar-refractivity contribution is 6.33. The first-order valence-electron chi connectivity index (χ1n) is 10.1. The summed E-state index contributed by atoms with van der Waals surface area (Å²) in [4.78, 5) is 12.6. The van der Waals surface area contributed by atoms with Crippen LogP contribution >= 0.6 is 0 Å². The molecular weight excluding hydrogens is 372 g/mol. The van der Waals surface area contributed by atoms with Crippen molar-refractivity contribution in [3.05, 3.63) is 84.4 Å². The first-order chi connectivity index (χ1) is 14.8. The second-order valence-electron chi connectivity index (χ2n) is 7.49. The van der Waals surface area contributed by atoms with Crippen LogP contribution in [0.1, 0.15) is 17.3 Å². The molecule has 0 bridgehead atoms. The monoisotopic (exact) mass is 390 g/mol. The maximum Gasteiger partial charge on any atom is 0.338 e. The summed E-state index contributed by atoms with van der Waals surface area (Å²) >= 11 is 0. The zero-order valence-corrected chi connectivity index (χ0v) is 16.4. The van der Waals surface area contributed by atoms with Crippen molar-refractivity contribution < 1.29 is 13.9 Å². The van der Waals surface area contributed by atoms with Gasteiger partial charge in [0.2, 0.25) is 0 Å². The van der Waals surface area contributed by atoms with Crippen LogP contribution in [0, 0.1) is 0 Å². The normalized spacial score (nSPS) is 11.8. The standard InChI is InChI=1S/C27H18O3/c1-2-29-27(28)21-11-6-3-8-17(21)16-14-22-19-10-5-4-9-18(19)20-12-7-13-23-25(20)26(22)24(15-16)30-23/h3-15H,2H2,1H3. The number of hydrogen-bond donors (Lipinski definition) is 0. The topological polar surface area (TPSA) is 39.4 Å². The molecule has 0 saturated carbocycles. The van der Waals surface area contributed by atoms with E-state index in [1.165, 1.54) is 16.2 Å². The fourth-order valence-corrected chi connectivity index (χ4v) is 4.61. The van der Waals surface area contributed by atoms with Crippen LogP contribution in [-0.4, -0.2) is 12.6 Å². The van der Waals surface area contributed by atoms with Crippen LogP contribution in [0.5, 0.6) is 0 Å². The Hall–Kier alpha value is -3.85. The van der Waals surface area contributed by atoms with Crippen molar-refractivity contribution >= 4 is 49.5 Å². The third-order valence-corrected chi connectivity index (χ3v) is 5.84. The predicted octanol–water partition coefficient (Wildman–Crippen LogP) is 7.17. The van der Waals surface area contributed by atoms with Crippen LogP contribution in [0.2, 0.25) is 0 Å². The number of furan rings is 1.